The fraction of sp³-hybridized carbons (Fsp3) is 1.00. The molecule has 2 heteroatoms. The quantitative estimate of drug-likeness (QED) is 0.616. The van der Waals surface area contributed by atoms with Crippen molar-refractivity contribution in [3.8, 4) is 0 Å². The highest BCUT2D eigenvalue weighted by Crippen LogP contribution is 1.91. The lowest BCUT2D eigenvalue weighted by molar-refractivity contribution is -0.886. The van der Waals surface area contributed by atoms with Crippen LogP contribution in [0, 0.1) is 0 Å². The van der Waals surface area contributed by atoms with Gasteiger partial charge in [0.15, 0.2) is 0 Å². The Labute approximate surface area is 91.7 Å². The molecule has 0 aromatic carbocycles. The van der Waals surface area contributed by atoms with E-state index in [1.54, 1.807) is 0 Å². The van der Waals surface area contributed by atoms with Crippen LogP contribution >= 0.6 is 0 Å². The van der Waals surface area contributed by atoms with E-state index >= 15 is 0 Å². The molecule has 88 valence electrons. The minimum atomic E-state index is 1.09. The fourth-order valence-corrected chi connectivity index (χ4v) is 0.894. The molecule has 0 aromatic heterocycles. The third kappa shape index (κ3) is 14.4. The van der Waals surface area contributed by atoms with Crippen molar-refractivity contribution in [3.63, 3.8) is 0 Å². The van der Waals surface area contributed by atoms with Crippen LogP contribution in [0.25, 0.3) is 0 Å². The van der Waals surface area contributed by atoms with E-state index in [1.807, 2.05) is 0 Å². The summed E-state index contributed by atoms with van der Waals surface area (Å²) in [4.78, 5) is 0. The van der Waals surface area contributed by atoms with E-state index in [2.05, 4.69) is 56.0 Å². The molecule has 0 aliphatic heterocycles. The van der Waals surface area contributed by atoms with Crippen molar-refractivity contribution in [2.75, 3.05) is 54.9 Å². The van der Waals surface area contributed by atoms with Crippen molar-refractivity contribution in [2.24, 2.45) is 0 Å². The summed E-state index contributed by atoms with van der Waals surface area (Å²) < 4.78 is 2.23. The molecule has 0 amide bonds. The Bertz CT molecular complexity index is 117. The van der Waals surface area contributed by atoms with Crippen molar-refractivity contribution in [2.45, 2.75) is 27.2 Å². The monoisotopic (exact) mass is 204 g/mol. The number of hydrogen-bond acceptors (Lipinski definition) is 0. The van der Waals surface area contributed by atoms with Gasteiger partial charge in [0.05, 0.1) is 54.9 Å². The first-order valence-electron chi connectivity index (χ1n) is 5.81. The van der Waals surface area contributed by atoms with E-state index in [1.165, 1.54) is 26.1 Å². The zero-order valence-corrected chi connectivity index (χ0v) is 11.7. The Morgan fingerprint density at radius 2 is 1.07 bits per heavy atom. The van der Waals surface area contributed by atoms with Crippen LogP contribution in [0.15, 0.2) is 0 Å². The molecule has 0 atom stereocenters. The maximum atomic E-state index is 2.24. The minimum absolute atomic E-state index is 1.09. The van der Waals surface area contributed by atoms with Crippen LogP contribution in [-0.2, 0) is 0 Å². The second-order valence-corrected chi connectivity index (χ2v) is 5.58. The van der Waals surface area contributed by atoms with E-state index < -0.39 is 0 Å². The van der Waals surface area contributed by atoms with Gasteiger partial charge >= 0.3 is 0 Å². The van der Waals surface area contributed by atoms with Gasteiger partial charge in [-0.25, -0.2) is 0 Å². The molecule has 14 heavy (non-hydrogen) atoms. The van der Waals surface area contributed by atoms with Crippen LogP contribution in [0.4, 0.5) is 0 Å². The predicted octanol–water partition coefficient (Wildman–Crippen LogP) is 2.21. The first-order chi connectivity index (χ1) is 6.18. The topological polar surface area (TPSA) is 0 Å². The van der Waals surface area contributed by atoms with Crippen LogP contribution in [-0.4, -0.2) is 63.8 Å². The van der Waals surface area contributed by atoms with E-state index in [0.29, 0.717) is 0 Å². The van der Waals surface area contributed by atoms with Gasteiger partial charge in [0, 0.05) is 0 Å². The summed E-state index contributed by atoms with van der Waals surface area (Å²) in [5.74, 6) is 0. The Kier molecular flexibility index (Phi) is 8.46. The van der Waals surface area contributed by atoms with E-state index in [0.717, 1.165) is 8.97 Å². The molecule has 0 radical (unpaired) electrons. The number of quaternary nitrogens is 2. The molecule has 0 N–H and O–H groups in total. The van der Waals surface area contributed by atoms with Gasteiger partial charge in [-0.3, -0.25) is 0 Å². The highest BCUT2D eigenvalue weighted by Gasteiger charge is 2.04. The summed E-state index contributed by atoms with van der Waals surface area (Å²) in [7, 11) is 11.1. The molecule has 2 nitrogen and oxygen atoms in total. The molecule has 0 saturated carbocycles. The molecule has 0 aliphatic rings. The first kappa shape index (κ1) is 16.4. The minimum Gasteiger partial charge on any atom is -0.331 e. The molecule has 0 spiro atoms. The molecule has 0 rings (SSSR count). The van der Waals surface area contributed by atoms with Crippen molar-refractivity contribution in [3.05, 3.63) is 0 Å². The Balaban J connectivity index is 0. The molecule has 0 bridgehead atoms. The van der Waals surface area contributed by atoms with Gasteiger partial charge in [0.25, 0.3) is 0 Å². The Morgan fingerprint density at radius 1 is 0.714 bits per heavy atom. The predicted molar refractivity (Wildman–Crippen MR) is 66.4 cm³/mol. The summed E-state index contributed by atoms with van der Waals surface area (Å²) in [6.45, 7) is 10.4. The zero-order valence-electron chi connectivity index (χ0n) is 11.7. The van der Waals surface area contributed by atoms with Gasteiger partial charge in [0.2, 0.25) is 0 Å². The third-order valence-electron chi connectivity index (χ3n) is 2.61. The van der Waals surface area contributed by atoms with Gasteiger partial charge in [-0.15, -0.1) is 0 Å². The van der Waals surface area contributed by atoms with Crippen LogP contribution in [0.5, 0.6) is 0 Å². The SMILES string of the molecule is CCC[N+](C)(C)C.CC[N+](C)(C)CC. The molecule has 0 aromatic rings. The molecular weight excluding hydrogens is 172 g/mol. The highest BCUT2D eigenvalue weighted by molar-refractivity contribution is 4.20. The van der Waals surface area contributed by atoms with Crippen LogP contribution < -0.4 is 0 Å². The average Bonchev–Trinajstić information content (AvgIpc) is 2.04. The van der Waals surface area contributed by atoms with E-state index in [4.69, 9.17) is 0 Å². The van der Waals surface area contributed by atoms with Gasteiger partial charge in [-0.05, 0) is 20.3 Å². The summed E-state index contributed by atoms with van der Waals surface area (Å²) in [5, 5.41) is 0. The summed E-state index contributed by atoms with van der Waals surface area (Å²) in [6, 6.07) is 0. The van der Waals surface area contributed by atoms with Gasteiger partial charge in [0.1, 0.15) is 0 Å². The molecule has 0 heterocycles. The Morgan fingerprint density at radius 3 is 1.07 bits per heavy atom. The first-order valence-corrected chi connectivity index (χ1v) is 5.81. The number of hydrogen-bond donors (Lipinski definition) is 0. The number of rotatable bonds is 4. The molecule has 0 unspecified atom stereocenters. The molecular formula is C12H32N2+2. The maximum Gasteiger partial charge on any atom is 0.0777 e. The Hall–Kier alpha value is -0.0800. The third-order valence-corrected chi connectivity index (χ3v) is 2.61. The lowest BCUT2D eigenvalue weighted by Crippen LogP contribution is -2.38. The van der Waals surface area contributed by atoms with Gasteiger partial charge in [-0.1, -0.05) is 6.92 Å². The fourth-order valence-electron chi connectivity index (χ4n) is 0.894. The van der Waals surface area contributed by atoms with Crippen molar-refractivity contribution < 1.29 is 8.97 Å². The maximum absolute atomic E-state index is 2.24. The van der Waals surface area contributed by atoms with Gasteiger partial charge in [-0.2, -0.15) is 0 Å². The van der Waals surface area contributed by atoms with Crippen LogP contribution in [0.1, 0.15) is 27.2 Å². The lowest BCUT2D eigenvalue weighted by atomic mass is 10.4. The van der Waals surface area contributed by atoms with Gasteiger partial charge < -0.3 is 8.97 Å². The molecule has 0 fully saturated rings. The molecule has 0 aliphatic carbocycles. The highest BCUT2D eigenvalue weighted by atomic mass is 15.3. The van der Waals surface area contributed by atoms with Crippen molar-refractivity contribution >= 4 is 0 Å². The second kappa shape index (κ2) is 7.24. The normalized spacial score (nSPS) is 12.0. The summed E-state index contributed by atoms with van der Waals surface area (Å²) in [6.07, 6.45) is 1.28. The summed E-state index contributed by atoms with van der Waals surface area (Å²) in [5.41, 5.74) is 0. The standard InChI is InChI=1S/2C6H16N/c1-5-6-7(2,3)4;1-5-7(3,4)6-2/h2*5-6H2,1-4H3/q2*+1. The van der Waals surface area contributed by atoms with E-state index in [-0.39, 0.29) is 0 Å². The van der Waals surface area contributed by atoms with Crippen LogP contribution in [0.2, 0.25) is 0 Å². The second-order valence-electron chi connectivity index (χ2n) is 5.58. The smallest absolute Gasteiger partial charge is 0.0777 e. The zero-order chi connectivity index (χ0) is 11.8. The van der Waals surface area contributed by atoms with E-state index in [9.17, 15) is 0 Å². The average molecular weight is 204 g/mol. The van der Waals surface area contributed by atoms with Crippen LogP contribution in [0.3, 0.4) is 0 Å². The van der Waals surface area contributed by atoms with Crippen molar-refractivity contribution in [1.29, 1.82) is 0 Å². The lowest BCUT2D eigenvalue weighted by Gasteiger charge is -2.25. The summed E-state index contributed by atoms with van der Waals surface area (Å²) >= 11 is 0. The van der Waals surface area contributed by atoms with Crippen molar-refractivity contribution in [1.82, 2.24) is 0 Å². The number of nitrogens with zero attached hydrogens (tertiary/aromatic N) is 2. The molecule has 0 saturated heterocycles. The largest absolute Gasteiger partial charge is 0.331 e.